The number of esters is 2. The van der Waals surface area contributed by atoms with E-state index in [1.54, 1.807) is 24.3 Å². The van der Waals surface area contributed by atoms with Crippen LogP contribution in [-0.4, -0.2) is 11.9 Å². The second kappa shape index (κ2) is 18.0. The number of carbonyl (C=O) groups excluding carboxylic acids is 2. The van der Waals surface area contributed by atoms with E-state index in [1.165, 1.54) is 64.2 Å². The molecule has 0 amide bonds. The van der Waals surface area contributed by atoms with Crippen molar-refractivity contribution in [1.29, 1.82) is 0 Å². The van der Waals surface area contributed by atoms with Gasteiger partial charge in [-0.05, 0) is 25.0 Å². The number of hydrogen-bond donors (Lipinski definition) is 0. The number of benzene rings is 1. The Hall–Kier alpha value is -1.84. The van der Waals surface area contributed by atoms with Crippen molar-refractivity contribution in [3.63, 3.8) is 0 Å². The molecule has 0 fully saturated rings. The molecule has 0 atom stereocenters. The minimum atomic E-state index is -0.265. The van der Waals surface area contributed by atoms with Crippen LogP contribution in [0.15, 0.2) is 24.3 Å². The molecule has 0 spiro atoms. The van der Waals surface area contributed by atoms with Gasteiger partial charge in [0.05, 0.1) is 0 Å². The van der Waals surface area contributed by atoms with Crippen LogP contribution in [0.5, 0.6) is 11.5 Å². The van der Waals surface area contributed by atoms with E-state index in [2.05, 4.69) is 13.8 Å². The molecule has 0 saturated carbocycles. The first kappa shape index (κ1) is 26.2. The van der Waals surface area contributed by atoms with E-state index in [0.29, 0.717) is 24.3 Å². The topological polar surface area (TPSA) is 52.6 Å². The van der Waals surface area contributed by atoms with E-state index in [-0.39, 0.29) is 11.9 Å². The summed E-state index contributed by atoms with van der Waals surface area (Å²) in [4.78, 5) is 24.3. The lowest BCUT2D eigenvalue weighted by molar-refractivity contribution is -0.137. The van der Waals surface area contributed by atoms with Crippen molar-refractivity contribution in [2.45, 2.75) is 117 Å². The molecule has 0 aliphatic heterocycles. The zero-order valence-corrected chi connectivity index (χ0v) is 19.3. The van der Waals surface area contributed by atoms with Gasteiger partial charge in [0, 0.05) is 12.8 Å². The minimum absolute atomic E-state index is 0.265. The summed E-state index contributed by atoms with van der Waals surface area (Å²) < 4.78 is 10.9. The molecule has 170 valence electrons. The van der Waals surface area contributed by atoms with E-state index in [1.807, 2.05) is 0 Å². The van der Waals surface area contributed by atoms with Crippen LogP contribution < -0.4 is 9.47 Å². The second-order valence-corrected chi connectivity index (χ2v) is 8.14. The summed E-state index contributed by atoms with van der Waals surface area (Å²) >= 11 is 0. The van der Waals surface area contributed by atoms with Gasteiger partial charge in [-0.25, -0.2) is 0 Å². The van der Waals surface area contributed by atoms with Crippen molar-refractivity contribution >= 4 is 11.9 Å². The van der Waals surface area contributed by atoms with Crippen molar-refractivity contribution in [2.75, 3.05) is 0 Å². The molecule has 1 aromatic rings. The van der Waals surface area contributed by atoms with Gasteiger partial charge in [-0.3, -0.25) is 9.59 Å². The second-order valence-electron chi connectivity index (χ2n) is 8.14. The maximum Gasteiger partial charge on any atom is 0.311 e. The van der Waals surface area contributed by atoms with Gasteiger partial charge in [0.15, 0.2) is 11.5 Å². The Morgan fingerprint density at radius 2 is 0.900 bits per heavy atom. The highest BCUT2D eigenvalue weighted by atomic mass is 16.6. The van der Waals surface area contributed by atoms with Crippen LogP contribution in [0.3, 0.4) is 0 Å². The fraction of sp³-hybridized carbons (Fsp3) is 0.692. The van der Waals surface area contributed by atoms with Gasteiger partial charge in [0.25, 0.3) is 0 Å². The largest absolute Gasteiger partial charge is 0.423 e. The molecule has 0 saturated heterocycles. The molecule has 0 aliphatic rings. The van der Waals surface area contributed by atoms with Gasteiger partial charge >= 0.3 is 11.9 Å². The maximum absolute atomic E-state index is 12.1. The van der Waals surface area contributed by atoms with Crippen LogP contribution in [0.25, 0.3) is 0 Å². The third-order valence-corrected chi connectivity index (χ3v) is 5.27. The maximum atomic E-state index is 12.1. The smallest absolute Gasteiger partial charge is 0.311 e. The number of hydrogen-bond acceptors (Lipinski definition) is 4. The summed E-state index contributed by atoms with van der Waals surface area (Å²) in [5.41, 5.74) is 0. The molecule has 30 heavy (non-hydrogen) atoms. The van der Waals surface area contributed by atoms with Crippen LogP contribution in [0.4, 0.5) is 0 Å². The molecule has 4 heteroatoms. The van der Waals surface area contributed by atoms with Crippen LogP contribution in [0, 0.1) is 0 Å². The Balaban J connectivity index is 2.27. The zero-order valence-electron chi connectivity index (χ0n) is 19.3. The predicted octanol–water partition coefficient (Wildman–Crippen LogP) is 7.78. The van der Waals surface area contributed by atoms with E-state index < -0.39 is 0 Å². The first-order valence-electron chi connectivity index (χ1n) is 12.2. The quantitative estimate of drug-likeness (QED) is 0.139. The van der Waals surface area contributed by atoms with Crippen molar-refractivity contribution < 1.29 is 19.1 Å². The van der Waals surface area contributed by atoms with E-state index >= 15 is 0 Å². The highest BCUT2D eigenvalue weighted by Crippen LogP contribution is 2.27. The average Bonchev–Trinajstić information content (AvgIpc) is 2.74. The van der Waals surface area contributed by atoms with Gasteiger partial charge in [-0.2, -0.15) is 0 Å². The van der Waals surface area contributed by atoms with E-state index in [0.717, 1.165) is 25.7 Å². The monoisotopic (exact) mass is 418 g/mol. The Morgan fingerprint density at radius 1 is 0.567 bits per heavy atom. The van der Waals surface area contributed by atoms with Gasteiger partial charge in [0.2, 0.25) is 0 Å². The van der Waals surface area contributed by atoms with E-state index in [9.17, 15) is 9.59 Å². The summed E-state index contributed by atoms with van der Waals surface area (Å²) in [5.74, 6) is 0.134. The third-order valence-electron chi connectivity index (χ3n) is 5.27. The highest BCUT2D eigenvalue weighted by Gasteiger charge is 2.13. The third kappa shape index (κ3) is 13.4. The standard InChI is InChI=1S/C26H42O4/c1-3-5-7-9-11-13-15-21-25(27)29-23-19-17-18-20-24(23)30-26(28)22-16-14-12-10-8-6-4-2/h17-20H,3-16,21-22H2,1-2H3. The normalized spacial score (nSPS) is 10.7. The van der Waals surface area contributed by atoms with Crippen LogP contribution in [0.2, 0.25) is 0 Å². The van der Waals surface area contributed by atoms with Gasteiger partial charge in [0.1, 0.15) is 0 Å². The molecule has 1 rings (SSSR count). The predicted molar refractivity (Wildman–Crippen MR) is 123 cm³/mol. The minimum Gasteiger partial charge on any atom is -0.423 e. The first-order valence-corrected chi connectivity index (χ1v) is 12.2. The molecule has 4 nitrogen and oxygen atoms in total. The number of ether oxygens (including phenoxy) is 2. The number of carbonyl (C=O) groups is 2. The molecule has 0 N–H and O–H groups in total. The molecule has 0 radical (unpaired) electrons. The number of unbranched alkanes of at least 4 members (excludes halogenated alkanes) is 12. The molecule has 1 aromatic carbocycles. The Labute approximate surface area is 183 Å². The summed E-state index contributed by atoms with van der Waals surface area (Å²) in [6.07, 6.45) is 17.0. The van der Waals surface area contributed by atoms with Crippen molar-refractivity contribution in [2.24, 2.45) is 0 Å². The lowest BCUT2D eigenvalue weighted by Crippen LogP contribution is -2.12. The summed E-state index contributed by atoms with van der Waals surface area (Å²) in [6.45, 7) is 4.42. The Morgan fingerprint density at radius 3 is 1.27 bits per heavy atom. The summed E-state index contributed by atoms with van der Waals surface area (Å²) in [6, 6.07) is 6.92. The average molecular weight is 419 g/mol. The Bertz CT molecular complexity index is 531. The van der Waals surface area contributed by atoms with Gasteiger partial charge < -0.3 is 9.47 Å². The lowest BCUT2D eigenvalue weighted by Gasteiger charge is -2.10. The first-order chi connectivity index (χ1) is 14.7. The van der Waals surface area contributed by atoms with Crippen molar-refractivity contribution in [1.82, 2.24) is 0 Å². The molecule has 0 heterocycles. The van der Waals surface area contributed by atoms with Crippen LogP contribution in [-0.2, 0) is 9.59 Å². The number of para-hydroxylation sites is 2. The van der Waals surface area contributed by atoms with Crippen molar-refractivity contribution in [3.8, 4) is 11.5 Å². The molecular formula is C26H42O4. The van der Waals surface area contributed by atoms with Gasteiger partial charge in [-0.15, -0.1) is 0 Å². The fourth-order valence-electron chi connectivity index (χ4n) is 3.42. The van der Waals surface area contributed by atoms with Crippen LogP contribution >= 0.6 is 0 Å². The number of rotatable bonds is 18. The molecule has 0 bridgehead atoms. The lowest BCUT2D eigenvalue weighted by atomic mass is 10.1. The molecule has 0 aromatic heterocycles. The van der Waals surface area contributed by atoms with Crippen molar-refractivity contribution in [3.05, 3.63) is 24.3 Å². The molecular weight excluding hydrogens is 376 g/mol. The highest BCUT2D eigenvalue weighted by molar-refractivity contribution is 5.76. The SMILES string of the molecule is CCCCCCCCCC(=O)Oc1ccccc1OC(=O)CCCCCCCCC. The molecule has 0 aliphatic carbocycles. The summed E-state index contributed by atoms with van der Waals surface area (Å²) in [5, 5.41) is 0. The van der Waals surface area contributed by atoms with Gasteiger partial charge in [-0.1, -0.05) is 103 Å². The van der Waals surface area contributed by atoms with Crippen LogP contribution in [0.1, 0.15) is 117 Å². The fourth-order valence-corrected chi connectivity index (χ4v) is 3.42. The molecule has 0 unspecified atom stereocenters. The zero-order chi connectivity index (χ0) is 21.9. The van der Waals surface area contributed by atoms with E-state index in [4.69, 9.17) is 9.47 Å². The summed E-state index contributed by atoms with van der Waals surface area (Å²) in [7, 11) is 0. The Kier molecular flexibility index (Phi) is 15.7.